The smallest absolute Gasteiger partial charge is 0.279 e. The van der Waals surface area contributed by atoms with Crippen molar-refractivity contribution < 1.29 is 23.1 Å². The molecule has 5 nitrogen and oxygen atoms in total. The molecule has 1 heterocycles. The number of carbonyl (C=O) groups is 2. The summed E-state index contributed by atoms with van der Waals surface area (Å²) in [5, 5.41) is 0. The third kappa shape index (κ3) is 4.37. The number of ether oxygens (including phenoxy) is 1. The molecule has 3 rings (SSSR count). The van der Waals surface area contributed by atoms with E-state index in [0.29, 0.717) is 16.9 Å². The Kier molecular flexibility index (Phi) is 5.51. The van der Waals surface area contributed by atoms with Gasteiger partial charge in [0.15, 0.2) is 18.2 Å². The number of amides is 2. The second-order valence-corrected chi connectivity index (χ2v) is 7.41. The molecule has 1 aliphatic rings. The Morgan fingerprint density at radius 1 is 1.27 bits per heavy atom. The molecule has 0 fully saturated rings. The number of fused-ring (bicyclic) bond motifs is 1. The van der Waals surface area contributed by atoms with Crippen LogP contribution in [-0.4, -0.2) is 18.4 Å². The zero-order valence-corrected chi connectivity index (χ0v) is 14.9. The van der Waals surface area contributed by atoms with Crippen molar-refractivity contribution in [3.8, 4) is 5.75 Å². The highest BCUT2D eigenvalue weighted by atomic mass is 32.1. The lowest BCUT2D eigenvalue weighted by Gasteiger charge is -2.16. The molecule has 0 spiro atoms. The number of hydrogen-bond acceptors (Lipinski definition) is 4. The van der Waals surface area contributed by atoms with Crippen LogP contribution in [0.25, 0.3) is 0 Å². The molecular formula is C18H18F2N2O3S. The molecule has 26 heavy (non-hydrogen) atoms. The monoisotopic (exact) mass is 380 g/mol. The third-order valence-electron chi connectivity index (χ3n) is 4.12. The van der Waals surface area contributed by atoms with Gasteiger partial charge in [0, 0.05) is 10.9 Å². The summed E-state index contributed by atoms with van der Waals surface area (Å²) in [6, 6.07) is 4.64. The third-order valence-corrected chi connectivity index (χ3v) is 5.36. The summed E-state index contributed by atoms with van der Waals surface area (Å²) in [6.07, 6.45) is 3.04. The van der Waals surface area contributed by atoms with Gasteiger partial charge in [-0.15, -0.1) is 11.3 Å². The summed E-state index contributed by atoms with van der Waals surface area (Å²) in [7, 11) is 0. The molecule has 1 unspecified atom stereocenters. The number of nitrogens with one attached hydrogen (secondary N) is 2. The van der Waals surface area contributed by atoms with Crippen molar-refractivity contribution in [2.75, 3.05) is 6.61 Å². The van der Waals surface area contributed by atoms with E-state index >= 15 is 0 Å². The van der Waals surface area contributed by atoms with Crippen molar-refractivity contribution in [3.63, 3.8) is 0 Å². The van der Waals surface area contributed by atoms with Gasteiger partial charge in [-0.2, -0.15) is 0 Å². The summed E-state index contributed by atoms with van der Waals surface area (Å²) in [5.74, 6) is -2.33. The first kappa shape index (κ1) is 18.3. The molecule has 138 valence electrons. The van der Waals surface area contributed by atoms with Crippen molar-refractivity contribution in [1.29, 1.82) is 0 Å². The maximum absolute atomic E-state index is 13.4. The summed E-state index contributed by atoms with van der Waals surface area (Å²) >= 11 is 1.43. The normalized spacial score (nSPS) is 15.9. The van der Waals surface area contributed by atoms with Gasteiger partial charge in [0.25, 0.3) is 11.8 Å². The molecule has 0 bridgehead atoms. The van der Waals surface area contributed by atoms with Crippen LogP contribution in [0.3, 0.4) is 0 Å². The molecule has 0 radical (unpaired) electrons. The Hall–Kier alpha value is -2.48. The van der Waals surface area contributed by atoms with Gasteiger partial charge in [-0.1, -0.05) is 6.92 Å². The van der Waals surface area contributed by atoms with Gasteiger partial charge < -0.3 is 4.74 Å². The average Bonchev–Trinajstić information content (AvgIpc) is 3.02. The van der Waals surface area contributed by atoms with E-state index in [0.717, 1.165) is 31.4 Å². The van der Waals surface area contributed by atoms with Crippen molar-refractivity contribution >= 4 is 23.2 Å². The highest BCUT2D eigenvalue weighted by Crippen LogP contribution is 2.32. The van der Waals surface area contributed by atoms with Crippen LogP contribution < -0.4 is 15.6 Å². The number of benzene rings is 1. The van der Waals surface area contributed by atoms with Crippen LogP contribution in [0.2, 0.25) is 0 Å². The van der Waals surface area contributed by atoms with Crippen LogP contribution in [0.4, 0.5) is 8.78 Å². The zero-order chi connectivity index (χ0) is 18.7. The first-order valence-electron chi connectivity index (χ1n) is 8.21. The first-order valence-corrected chi connectivity index (χ1v) is 9.02. The Morgan fingerprint density at radius 3 is 2.85 bits per heavy atom. The van der Waals surface area contributed by atoms with Crippen molar-refractivity contribution in [3.05, 3.63) is 51.2 Å². The molecule has 1 aliphatic carbocycles. The minimum Gasteiger partial charge on any atom is -0.481 e. The molecule has 0 saturated heterocycles. The van der Waals surface area contributed by atoms with Gasteiger partial charge in [-0.3, -0.25) is 20.4 Å². The molecule has 1 atom stereocenters. The number of aryl methyl sites for hydroxylation is 1. The molecular weight excluding hydrogens is 362 g/mol. The topological polar surface area (TPSA) is 67.4 Å². The Balaban J connectivity index is 1.49. The van der Waals surface area contributed by atoms with E-state index in [1.807, 2.05) is 6.07 Å². The van der Waals surface area contributed by atoms with Crippen molar-refractivity contribution in [1.82, 2.24) is 10.9 Å². The number of hydrogen-bond donors (Lipinski definition) is 2. The van der Waals surface area contributed by atoms with E-state index in [-0.39, 0.29) is 5.75 Å². The van der Waals surface area contributed by atoms with Gasteiger partial charge in [0.1, 0.15) is 5.82 Å². The van der Waals surface area contributed by atoms with E-state index in [2.05, 4.69) is 17.8 Å². The second kappa shape index (κ2) is 7.82. The average molecular weight is 380 g/mol. The van der Waals surface area contributed by atoms with E-state index in [1.54, 1.807) is 0 Å². The molecule has 2 N–H and O–H groups in total. The maximum atomic E-state index is 13.4. The zero-order valence-electron chi connectivity index (χ0n) is 14.1. The summed E-state index contributed by atoms with van der Waals surface area (Å²) < 4.78 is 31.2. The van der Waals surface area contributed by atoms with Crippen LogP contribution in [0.1, 0.15) is 33.5 Å². The molecule has 2 aromatic rings. The fourth-order valence-corrected chi connectivity index (χ4v) is 3.88. The molecule has 2 amide bonds. The van der Waals surface area contributed by atoms with Gasteiger partial charge in [-0.05, 0) is 48.9 Å². The Morgan fingerprint density at radius 2 is 2.08 bits per heavy atom. The maximum Gasteiger partial charge on any atom is 0.279 e. The van der Waals surface area contributed by atoms with E-state index in [9.17, 15) is 18.4 Å². The second-order valence-electron chi connectivity index (χ2n) is 6.27. The molecule has 8 heteroatoms. The van der Waals surface area contributed by atoms with Crippen LogP contribution in [0.5, 0.6) is 5.75 Å². The summed E-state index contributed by atoms with van der Waals surface area (Å²) in [4.78, 5) is 25.6. The number of halogens is 2. The van der Waals surface area contributed by atoms with E-state index < -0.39 is 30.1 Å². The number of carbonyl (C=O) groups excluding carboxylic acids is 2. The lowest BCUT2D eigenvalue weighted by Crippen LogP contribution is -2.43. The van der Waals surface area contributed by atoms with Gasteiger partial charge in [-0.25, -0.2) is 8.78 Å². The van der Waals surface area contributed by atoms with Crippen LogP contribution in [0.15, 0.2) is 24.3 Å². The molecule has 1 aromatic heterocycles. The minimum absolute atomic E-state index is 0.243. The van der Waals surface area contributed by atoms with Crippen molar-refractivity contribution in [2.24, 2.45) is 5.92 Å². The number of rotatable bonds is 4. The van der Waals surface area contributed by atoms with E-state index in [1.165, 1.54) is 21.8 Å². The van der Waals surface area contributed by atoms with Gasteiger partial charge in [0.2, 0.25) is 0 Å². The highest BCUT2D eigenvalue weighted by Gasteiger charge is 2.21. The fourth-order valence-electron chi connectivity index (χ4n) is 2.78. The Bertz CT molecular complexity index is 838. The van der Waals surface area contributed by atoms with E-state index in [4.69, 9.17) is 4.74 Å². The SMILES string of the molecule is CC1CCc2sc(C(=O)NNC(=O)COc3ccc(F)cc3F)cc2C1. The standard InChI is InChI=1S/C18H18F2N2O3S/c1-10-2-5-15-11(6-10)7-16(26-15)18(24)22-21-17(23)9-25-14-4-3-12(19)8-13(14)20/h3-4,7-8,10H,2,5-6,9H2,1H3,(H,21,23)(H,22,24). The number of hydrazine groups is 1. The van der Waals surface area contributed by atoms with Crippen LogP contribution in [0, 0.1) is 17.6 Å². The quantitative estimate of drug-likeness (QED) is 0.802. The summed E-state index contributed by atoms with van der Waals surface area (Å²) in [6.45, 7) is 1.67. The molecule has 0 saturated carbocycles. The van der Waals surface area contributed by atoms with Crippen LogP contribution >= 0.6 is 11.3 Å². The lowest BCUT2D eigenvalue weighted by molar-refractivity contribution is -0.123. The molecule has 0 aliphatic heterocycles. The Labute approximate surface area is 153 Å². The lowest BCUT2D eigenvalue weighted by atomic mass is 9.90. The minimum atomic E-state index is -0.903. The van der Waals surface area contributed by atoms with Crippen LogP contribution in [-0.2, 0) is 17.6 Å². The number of thiophene rings is 1. The van der Waals surface area contributed by atoms with Gasteiger partial charge >= 0.3 is 0 Å². The first-order chi connectivity index (χ1) is 12.4. The summed E-state index contributed by atoms with van der Waals surface area (Å²) in [5.41, 5.74) is 5.73. The predicted octanol–water partition coefficient (Wildman–Crippen LogP) is 2.99. The highest BCUT2D eigenvalue weighted by molar-refractivity contribution is 7.14. The van der Waals surface area contributed by atoms with Gasteiger partial charge in [0.05, 0.1) is 4.88 Å². The molecule has 1 aromatic carbocycles. The predicted molar refractivity (Wildman–Crippen MR) is 93.0 cm³/mol. The largest absolute Gasteiger partial charge is 0.481 e. The fraction of sp³-hybridized carbons (Fsp3) is 0.333. The van der Waals surface area contributed by atoms with Crippen molar-refractivity contribution in [2.45, 2.75) is 26.2 Å².